The van der Waals surface area contributed by atoms with E-state index < -0.39 is 0 Å². The Balaban J connectivity index is 1.55. The van der Waals surface area contributed by atoms with E-state index in [2.05, 4.69) is 20.6 Å². The molecule has 1 aliphatic heterocycles. The van der Waals surface area contributed by atoms with Crippen LogP contribution in [0.25, 0.3) is 22.0 Å². The molecule has 162 valence electrons. The minimum absolute atomic E-state index is 0.0425. The fourth-order valence-electron chi connectivity index (χ4n) is 4.22. The summed E-state index contributed by atoms with van der Waals surface area (Å²) in [6.45, 7) is 1.61. The molecular weight excluding hydrogens is 407 g/mol. The predicted molar refractivity (Wildman–Crippen MR) is 121 cm³/mol. The number of rotatable bonds is 4. The fraction of sp³-hybridized carbons (Fsp3) is 0.250. The summed E-state index contributed by atoms with van der Waals surface area (Å²) in [5.41, 5.74) is 2.20. The number of carbonyl (C=O) groups excluding carboxylic acids is 1. The zero-order valence-corrected chi connectivity index (χ0v) is 17.7. The highest BCUT2D eigenvalue weighted by Gasteiger charge is 2.30. The van der Waals surface area contributed by atoms with Gasteiger partial charge in [0.25, 0.3) is 5.91 Å². The summed E-state index contributed by atoms with van der Waals surface area (Å²) < 4.78 is 15.4. The van der Waals surface area contributed by atoms with Crippen molar-refractivity contribution in [1.29, 1.82) is 0 Å². The van der Waals surface area contributed by atoms with Gasteiger partial charge in [-0.15, -0.1) is 5.10 Å². The van der Waals surface area contributed by atoms with E-state index in [-0.39, 0.29) is 17.8 Å². The lowest BCUT2D eigenvalue weighted by Gasteiger charge is -2.34. The van der Waals surface area contributed by atoms with Gasteiger partial charge in [0, 0.05) is 36.3 Å². The van der Waals surface area contributed by atoms with Crippen molar-refractivity contribution >= 4 is 22.5 Å². The lowest BCUT2D eigenvalue weighted by molar-refractivity contribution is 0.0972. The van der Waals surface area contributed by atoms with Gasteiger partial charge in [0.2, 0.25) is 0 Å². The number of hydrogen-bond acceptors (Lipinski definition) is 5. The zero-order chi connectivity index (χ0) is 22.1. The maximum absolute atomic E-state index is 13.8. The molecule has 0 unspecified atom stereocenters. The number of carbonyl (C=O) groups is 1. The Labute approximate surface area is 184 Å². The standard InChI is InChI=1S/C24H23FN6O/c1-30-15-22(28-29-30)16-4-6-17(7-5-16)24(32)31(20-3-2-11-26-14-20)23-21-9-8-19(25)13-18(21)10-12-27-23/h4-10,12-13,15,20,26H,2-3,11,14H2,1H3/t20-/m1/s1. The maximum Gasteiger partial charge on any atom is 0.259 e. The first-order chi connectivity index (χ1) is 15.6. The molecule has 8 heteroatoms. The van der Waals surface area contributed by atoms with Crippen molar-refractivity contribution in [2.24, 2.45) is 7.05 Å². The van der Waals surface area contributed by atoms with Gasteiger partial charge in [0.15, 0.2) is 0 Å². The third kappa shape index (κ3) is 3.85. The molecule has 2 aromatic carbocycles. The maximum atomic E-state index is 13.8. The Hall–Kier alpha value is -3.65. The van der Waals surface area contributed by atoms with Gasteiger partial charge in [-0.25, -0.2) is 9.37 Å². The van der Waals surface area contributed by atoms with Gasteiger partial charge in [-0.3, -0.25) is 14.4 Å². The second-order valence-electron chi connectivity index (χ2n) is 8.03. The molecule has 3 heterocycles. The Morgan fingerprint density at radius 3 is 2.75 bits per heavy atom. The molecule has 0 spiro atoms. The van der Waals surface area contributed by atoms with Crippen molar-refractivity contribution in [3.8, 4) is 11.3 Å². The Morgan fingerprint density at radius 2 is 2.03 bits per heavy atom. The summed E-state index contributed by atoms with van der Waals surface area (Å²) in [5, 5.41) is 12.9. The number of nitrogens with zero attached hydrogens (tertiary/aromatic N) is 5. The van der Waals surface area contributed by atoms with Crippen LogP contribution in [0, 0.1) is 5.82 Å². The summed E-state index contributed by atoms with van der Waals surface area (Å²) >= 11 is 0. The molecule has 0 bridgehead atoms. The third-order valence-corrected chi connectivity index (χ3v) is 5.82. The quantitative estimate of drug-likeness (QED) is 0.536. The first-order valence-electron chi connectivity index (χ1n) is 10.7. The zero-order valence-electron chi connectivity index (χ0n) is 17.7. The van der Waals surface area contributed by atoms with Crippen LogP contribution in [-0.2, 0) is 7.05 Å². The number of nitrogens with one attached hydrogen (secondary N) is 1. The van der Waals surface area contributed by atoms with E-state index >= 15 is 0 Å². The minimum atomic E-state index is -0.313. The summed E-state index contributed by atoms with van der Waals surface area (Å²) in [6, 6.07) is 13.7. The Morgan fingerprint density at radius 1 is 1.19 bits per heavy atom. The van der Waals surface area contributed by atoms with Gasteiger partial charge in [-0.1, -0.05) is 17.3 Å². The largest absolute Gasteiger partial charge is 0.315 e. The van der Waals surface area contributed by atoms with Crippen molar-refractivity contribution in [2.45, 2.75) is 18.9 Å². The van der Waals surface area contributed by atoms with Gasteiger partial charge < -0.3 is 5.32 Å². The molecule has 0 radical (unpaired) electrons. The molecule has 0 aliphatic carbocycles. The molecule has 1 saturated heterocycles. The molecular formula is C24H23FN6O. The van der Waals surface area contributed by atoms with Crippen LogP contribution in [0.3, 0.4) is 0 Å². The molecule has 32 heavy (non-hydrogen) atoms. The van der Waals surface area contributed by atoms with E-state index in [4.69, 9.17) is 0 Å². The first kappa shape index (κ1) is 20.3. The van der Waals surface area contributed by atoms with Crippen LogP contribution in [-0.4, -0.2) is 45.0 Å². The summed E-state index contributed by atoms with van der Waals surface area (Å²) in [7, 11) is 1.81. The fourth-order valence-corrected chi connectivity index (χ4v) is 4.22. The van der Waals surface area contributed by atoms with Crippen molar-refractivity contribution in [1.82, 2.24) is 25.3 Å². The second kappa shape index (κ2) is 8.47. The predicted octanol–water partition coefficient (Wildman–Crippen LogP) is 3.57. The first-order valence-corrected chi connectivity index (χ1v) is 10.7. The SMILES string of the molecule is Cn1cc(-c2ccc(C(=O)N(c3nccc4cc(F)ccc34)[C@@H]3CCCNC3)cc2)nn1. The number of pyridine rings is 1. The molecule has 7 nitrogen and oxygen atoms in total. The summed E-state index contributed by atoms with van der Waals surface area (Å²) in [6.07, 6.45) is 5.30. The van der Waals surface area contributed by atoms with Crippen molar-refractivity contribution < 1.29 is 9.18 Å². The minimum Gasteiger partial charge on any atom is -0.315 e. The molecule has 2 aromatic heterocycles. The highest BCUT2D eigenvalue weighted by Crippen LogP contribution is 2.30. The van der Waals surface area contributed by atoms with Crippen LogP contribution in [0.1, 0.15) is 23.2 Å². The van der Waals surface area contributed by atoms with Crippen LogP contribution in [0.5, 0.6) is 0 Å². The topological polar surface area (TPSA) is 75.9 Å². The number of fused-ring (bicyclic) bond motifs is 1. The van der Waals surface area contributed by atoms with Gasteiger partial charge >= 0.3 is 0 Å². The van der Waals surface area contributed by atoms with Crippen LogP contribution in [0.2, 0.25) is 0 Å². The van der Waals surface area contributed by atoms with Gasteiger partial charge in [-0.2, -0.15) is 0 Å². The number of aromatic nitrogens is 4. The number of aryl methyl sites for hydroxylation is 1. The monoisotopic (exact) mass is 430 g/mol. The lowest BCUT2D eigenvalue weighted by atomic mass is 10.0. The Kier molecular flexibility index (Phi) is 5.36. The molecule has 1 atom stereocenters. The average Bonchev–Trinajstić information content (AvgIpc) is 3.26. The highest BCUT2D eigenvalue weighted by molar-refractivity contribution is 6.10. The van der Waals surface area contributed by atoms with Crippen molar-refractivity contribution in [3.63, 3.8) is 0 Å². The normalized spacial score (nSPS) is 16.2. The second-order valence-corrected chi connectivity index (χ2v) is 8.03. The van der Waals surface area contributed by atoms with E-state index in [1.54, 1.807) is 40.0 Å². The van der Waals surface area contributed by atoms with Gasteiger partial charge in [0.05, 0.1) is 12.2 Å². The number of anilines is 1. The van der Waals surface area contributed by atoms with E-state index in [1.165, 1.54) is 12.1 Å². The van der Waals surface area contributed by atoms with E-state index in [0.29, 0.717) is 17.9 Å². The highest BCUT2D eigenvalue weighted by atomic mass is 19.1. The molecule has 1 fully saturated rings. The summed E-state index contributed by atoms with van der Waals surface area (Å²) in [5.74, 6) is 0.111. The third-order valence-electron chi connectivity index (χ3n) is 5.82. The summed E-state index contributed by atoms with van der Waals surface area (Å²) in [4.78, 5) is 20.1. The van der Waals surface area contributed by atoms with E-state index in [9.17, 15) is 9.18 Å². The lowest BCUT2D eigenvalue weighted by Crippen LogP contribution is -2.49. The van der Waals surface area contributed by atoms with Crippen molar-refractivity contribution in [2.75, 3.05) is 18.0 Å². The van der Waals surface area contributed by atoms with Crippen LogP contribution in [0.15, 0.2) is 60.9 Å². The van der Waals surface area contributed by atoms with Crippen LogP contribution in [0.4, 0.5) is 10.2 Å². The van der Waals surface area contributed by atoms with Crippen LogP contribution < -0.4 is 10.2 Å². The Bertz CT molecular complexity index is 1260. The molecule has 1 amide bonds. The van der Waals surface area contributed by atoms with E-state index in [0.717, 1.165) is 41.4 Å². The number of amides is 1. The van der Waals surface area contributed by atoms with Gasteiger partial charge in [-0.05, 0) is 61.2 Å². The van der Waals surface area contributed by atoms with Crippen LogP contribution >= 0.6 is 0 Å². The molecule has 1 N–H and O–H groups in total. The van der Waals surface area contributed by atoms with Crippen molar-refractivity contribution in [3.05, 3.63) is 72.3 Å². The molecule has 5 rings (SSSR count). The molecule has 4 aromatic rings. The smallest absolute Gasteiger partial charge is 0.259 e. The average molecular weight is 430 g/mol. The number of halogens is 1. The van der Waals surface area contributed by atoms with E-state index in [1.807, 2.05) is 25.4 Å². The van der Waals surface area contributed by atoms with Gasteiger partial charge in [0.1, 0.15) is 17.3 Å². The number of benzene rings is 2. The number of piperidine rings is 1. The molecule has 0 saturated carbocycles. The molecule has 1 aliphatic rings. The number of hydrogen-bond donors (Lipinski definition) is 1.